The number of carbonyl (C=O) groups excluding carboxylic acids is 1. The van der Waals surface area contributed by atoms with Gasteiger partial charge in [-0.25, -0.2) is 0 Å². The fourth-order valence-corrected chi connectivity index (χ4v) is 1.49. The first-order valence-corrected chi connectivity index (χ1v) is 5.26. The van der Waals surface area contributed by atoms with Crippen LogP contribution in [0.25, 0.3) is 0 Å². The third-order valence-corrected chi connectivity index (χ3v) is 2.36. The zero-order valence-corrected chi connectivity index (χ0v) is 9.56. The Hall–Kier alpha value is -1.55. The second kappa shape index (κ2) is 5.51. The van der Waals surface area contributed by atoms with Crippen LogP contribution in [0.1, 0.15) is 30.5 Å². The fourth-order valence-electron chi connectivity index (χ4n) is 1.49. The Morgan fingerprint density at radius 2 is 2.25 bits per heavy atom. The molecule has 4 nitrogen and oxygen atoms in total. The summed E-state index contributed by atoms with van der Waals surface area (Å²) in [5, 5.41) is 9.78. The van der Waals surface area contributed by atoms with Gasteiger partial charge in [0.2, 0.25) is 0 Å². The van der Waals surface area contributed by atoms with Crippen LogP contribution in [-0.4, -0.2) is 17.7 Å². The minimum absolute atomic E-state index is 0.0743. The number of hydrogen-bond acceptors (Lipinski definition) is 4. The molecule has 0 radical (unpaired) electrons. The smallest absolute Gasteiger partial charge is 0.307 e. The van der Waals surface area contributed by atoms with Crippen LogP contribution in [0.2, 0.25) is 0 Å². The summed E-state index contributed by atoms with van der Waals surface area (Å²) in [7, 11) is 0. The van der Waals surface area contributed by atoms with E-state index in [0.29, 0.717) is 12.2 Å². The monoisotopic (exact) mass is 223 g/mol. The van der Waals surface area contributed by atoms with E-state index in [0.717, 1.165) is 5.56 Å². The molecule has 0 aliphatic rings. The van der Waals surface area contributed by atoms with Gasteiger partial charge < -0.3 is 15.6 Å². The minimum Gasteiger partial charge on any atom is -0.507 e. The Labute approximate surface area is 95.0 Å². The maximum atomic E-state index is 11.2. The molecular weight excluding hydrogens is 206 g/mol. The number of aryl methyl sites for hydroxylation is 1. The molecule has 0 saturated heterocycles. The summed E-state index contributed by atoms with van der Waals surface area (Å²) >= 11 is 0. The van der Waals surface area contributed by atoms with E-state index in [2.05, 4.69) is 0 Å². The van der Waals surface area contributed by atoms with Gasteiger partial charge in [-0.3, -0.25) is 4.79 Å². The molecule has 1 aromatic rings. The van der Waals surface area contributed by atoms with Gasteiger partial charge in [0.25, 0.3) is 0 Å². The lowest BCUT2D eigenvalue weighted by atomic mass is 10.0. The lowest BCUT2D eigenvalue weighted by Gasteiger charge is -2.14. The number of para-hydroxylation sites is 1. The maximum Gasteiger partial charge on any atom is 0.307 e. The second-order valence-electron chi connectivity index (χ2n) is 3.63. The molecule has 4 heteroatoms. The molecule has 0 heterocycles. The summed E-state index contributed by atoms with van der Waals surface area (Å²) < 4.78 is 4.80. The molecule has 3 N–H and O–H groups in total. The highest BCUT2D eigenvalue weighted by Gasteiger charge is 2.16. The first-order valence-electron chi connectivity index (χ1n) is 5.26. The van der Waals surface area contributed by atoms with Crippen molar-refractivity contribution in [1.29, 1.82) is 0 Å². The van der Waals surface area contributed by atoms with Crippen molar-refractivity contribution in [2.24, 2.45) is 5.73 Å². The van der Waals surface area contributed by atoms with Crippen molar-refractivity contribution in [3.63, 3.8) is 0 Å². The summed E-state index contributed by atoms with van der Waals surface area (Å²) in [4.78, 5) is 11.2. The molecule has 1 atom stereocenters. The van der Waals surface area contributed by atoms with Crippen LogP contribution in [0.3, 0.4) is 0 Å². The number of ether oxygens (including phenoxy) is 1. The lowest BCUT2D eigenvalue weighted by molar-refractivity contribution is -0.143. The van der Waals surface area contributed by atoms with Crippen molar-refractivity contribution in [2.75, 3.05) is 6.61 Å². The molecule has 1 unspecified atom stereocenters. The molecule has 0 spiro atoms. The normalized spacial score (nSPS) is 12.2. The second-order valence-corrected chi connectivity index (χ2v) is 3.63. The number of phenolic OH excluding ortho intramolecular Hbond substituents is 1. The average molecular weight is 223 g/mol. The van der Waals surface area contributed by atoms with Crippen molar-refractivity contribution < 1.29 is 14.6 Å². The Morgan fingerprint density at radius 1 is 1.56 bits per heavy atom. The van der Waals surface area contributed by atoms with Crippen molar-refractivity contribution in [3.8, 4) is 5.75 Å². The average Bonchev–Trinajstić information content (AvgIpc) is 2.22. The molecule has 88 valence electrons. The van der Waals surface area contributed by atoms with Gasteiger partial charge >= 0.3 is 5.97 Å². The maximum absolute atomic E-state index is 11.2. The van der Waals surface area contributed by atoms with Crippen LogP contribution in [0.4, 0.5) is 0 Å². The third-order valence-electron chi connectivity index (χ3n) is 2.36. The lowest BCUT2D eigenvalue weighted by Crippen LogP contribution is -2.17. The van der Waals surface area contributed by atoms with Crippen LogP contribution < -0.4 is 5.73 Å². The number of rotatable bonds is 4. The van der Waals surface area contributed by atoms with Gasteiger partial charge in [-0.1, -0.05) is 18.2 Å². The van der Waals surface area contributed by atoms with Crippen molar-refractivity contribution in [2.45, 2.75) is 26.3 Å². The Kier molecular flexibility index (Phi) is 4.31. The quantitative estimate of drug-likeness (QED) is 0.761. The zero-order valence-electron chi connectivity index (χ0n) is 9.56. The van der Waals surface area contributed by atoms with Crippen LogP contribution in [0.5, 0.6) is 5.75 Å². The minimum atomic E-state index is -0.529. The molecule has 1 aromatic carbocycles. The zero-order chi connectivity index (χ0) is 12.1. The SMILES string of the molecule is CCOC(=O)CC(N)c1cccc(C)c1O. The summed E-state index contributed by atoms with van der Waals surface area (Å²) in [6.45, 7) is 3.87. The summed E-state index contributed by atoms with van der Waals surface area (Å²) in [5.41, 5.74) is 7.16. The Morgan fingerprint density at radius 3 is 2.88 bits per heavy atom. The predicted molar refractivity (Wildman–Crippen MR) is 61.0 cm³/mol. The molecule has 0 bridgehead atoms. The van der Waals surface area contributed by atoms with E-state index in [4.69, 9.17) is 10.5 Å². The van der Waals surface area contributed by atoms with Gasteiger partial charge in [-0.2, -0.15) is 0 Å². The van der Waals surface area contributed by atoms with E-state index in [1.54, 1.807) is 32.0 Å². The van der Waals surface area contributed by atoms with Gasteiger partial charge in [-0.15, -0.1) is 0 Å². The van der Waals surface area contributed by atoms with Gasteiger partial charge in [-0.05, 0) is 19.4 Å². The first-order chi connectivity index (χ1) is 7.56. The molecular formula is C12H17NO3. The van der Waals surface area contributed by atoms with Gasteiger partial charge in [0.15, 0.2) is 0 Å². The molecule has 1 rings (SSSR count). The number of esters is 1. The number of phenols is 1. The van der Waals surface area contributed by atoms with E-state index in [1.807, 2.05) is 0 Å². The van der Waals surface area contributed by atoms with E-state index >= 15 is 0 Å². The number of hydrogen-bond donors (Lipinski definition) is 2. The Balaban J connectivity index is 2.76. The summed E-state index contributed by atoms with van der Waals surface area (Å²) in [6.07, 6.45) is 0.0743. The van der Waals surface area contributed by atoms with Crippen molar-refractivity contribution in [1.82, 2.24) is 0 Å². The van der Waals surface area contributed by atoms with Gasteiger partial charge in [0, 0.05) is 11.6 Å². The highest BCUT2D eigenvalue weighted by molar-refractivity contribution is 5.70. The largest absolute Gasteiger partial charge is 0.507 e. The van der Waals surface area contributed by atoms with Crippen LogP contribution >= 0.6 is 0 Å². The number of nitrogens with two attached hydrogens (primary N) is 1. The fraction of sp³-hybridized carbons (Fsp3) is 0.417. The van der Waals surface area contributed by atoms with E-state index in [9.17, 15) is 9.90 Å². The predicted octanol–water partition coefficient (Wildman–Crippen LogP) is 1.65. The molecule has 0 aliphatic carbocycles. The number of carbonyl (C=O) groups is 1. The van der Waals surface area contributed by atoms with Crippen molar-refractivity contribution >= 4 is 5.97 Å². The first kappa shape index (κ1) is 12.5. The summed E-state index contributed by atoms with van der Waals surface area (Å²) in [6, 6.07) is 4.77. The topological polar surface area (TPSA) is 72.5 Å². The van der Waals surface area contributed by atoms with E-state index in [-0.39, 0.29) is 18.1 Å². The van der Waals surface area contributed by atoms with E-state index < -0.39 is 6.04 Å². The standard InChI is InChI=1S/C12H17NO3/c1-3-16-11(14)7-10(13)9-6-4-5-8(2)12(9)15/h4-6,10,15H,3,7,13H2,1-2H3. The molecule has 0 fully saturated rings. The van der Waals surface area contributed by atoms with Crippen LogP contribution in [0, 0.1) is 6.92 Å². The number of aromatic hydroxyl groups is 1. The molecule has 0 saturated carbocycles. The Bertz CT molecular complexity index is 377. The van der Waals surface area contributed by atoms with Crippen LogP contribution in [0.15, 0.2) is 18.2 Å². The molecule has 16 heavy (non-hydrogen) atoms. The van der Waals surface area contributed by atoms with Crippen LogP contribution in [-0.2, 0) is 9.53 Å². The highest BCUT2D eigenvalue weighted by atomic mass is 16.5. The summed E-state index contributed by atoms with van der Waals surface area (Å²) in [5.74, 6) is -0.199. The molecule has 0 aliphatic heterocycles. The van der Waals surface area contributed by atoms with Gasteiger partial charge in [0.05, 0.1) is 13.0 Å². The van der Waals surface area contributed by atoms with Gasteiger partial charge in [0.1, 0.15) is 5.75 Å². The number of benzene rings is 1. The highest BCUT2D eigenvalue weighted by Crippen LogP contribution is 2.27. The van der Waals surface area contributed by atoms with E-state index in [1.165, 1.54) is 0 Å². The van der Waals surface area contributed by atoms with Crippen molar-refractivity contribution in [3.05, 3.63) is 29.3 Å². The molecule has 0 amide bonds. The third kappa shape index (κ3) is 2.97. The molecule has 0 aromatic heterocycles.